The molecular formula is C21H18O5. The minimum atomic E-state index is 0.000660. The van der Waals surface area contributed by atoms with Crippen LogP contribution in [0.2, 0.25) is 0 Å². The molecule has 0 radical (unpaired) electrons. The first-order valence-corrected chi connectivity index (χ1v) is 8.64. The van der Waals surface area contributed by atoms with Crippen molar-refractivity contribution in [2.45, 2.75) is 18.9 Å². The highest BCUT2D eigenvalue weighted by Crippen LogP contribution is 2.54. The van der Waals surface area contributed by atoms with Crippen LogP contribution in [0, 0.1) is 12.3 Å². The largest absolute Gasteiger partial charge is 0.493 e. The van der Waals surface area contributed by atoms with E-state index in [2.05, 4.69) is 12.0 Å². The molecule has 0 N–H and O–H groups in total. The predicted molar refractivity (Wildman–Crippen MR) is 95.0 cm³/mol. The summed E-state index contributed by atoms with van der Waals surface area (Å²) >= 11 is 0. The van der Waals surface area contributed by atoms with Crippen LogP contribution in [0.25, 0.3) is 11.1 Å². The minimum absolute atomic E-state index is 0.000660. The molecule has 5 heteroatoms. The van der Waals surface area contributed by atoms with E-state index in [1.54, 1.807) is 7.11 Å². The molecule has 132 valence electrons. The monoisotopic (exact) mass is 350 g/mol. The molecule has 26 heavy (non-hydrogen) atoms. The van der Waals surface area contributed by atoms with E-state index >= 15 is 0 Å². The quantitative estimate of drug-likeness (QED) is 0.795. The predicted octanol–water partition coefficient (Wildman–Crippen LogP) is 3.27. The average molecular weight is 350 g/mol. The van der Waals surface area contributed by atoms with Gasteiger partial charge in [0, 0.05) is 12.0 Å². The fraction of sp³-hybridized carbons (Fsp3) is 0.333. The molecule has 0 fully saturated rings. The second-order valence-electron chi connectivity index (χ2n) is 6.52. The number of benzene rings is 2. The molecule has 0 aromatic heterocycles. The second-order valence-corrected chi connectivity index (χ2v) is 6.52. The first-order chi connectivity index (χ1) is 12.8. The molecule has 5 rings (SSSR count). The smallest absolute Gasteiger partial charge is 0.231 e. The normalized spacial score (nSPS) is 18.5. The summed E-state index contributed by atoms with van der Waals surface area (Å²) in [6.07, 6.45) is 7.08. The summed E-state index contributed by atoms with van der Waals surface area (Å²) in [6.45, 7) is 1.12. The summed E-state index contributed by atoms with van der Waals surface area (Å²) in [5.41, 5.74) is 5.63. The summed E-state index contributed by atoms with van der Waals surface area (Å²) in [6, 6.07) is 6.13. The number of hydrogen-bond acceptors (Lipinski definition) is 5. The highest BCUT2D eigenvalue weighted by atomic mass is 16.7. The van der Waals surface area contributed by atoms with E-state index in [-0.39, 0.29) is 19.5 Å². The Morgan fingerprint density at radius 2 is 2.04 bits per heavy atom. The van der Waals surface area contributed by atoms with Crippen LogP contribution < -0.4 is 18.9 Å². The molecule has 0 amide bonds. The second kappa shape index (κ2) is 5.86. The van der Waals surface area contributed by atoms with Crippen molar-refractivity contribution in [3.05, 3.63) is 34.9 Å². The Morgan fingerprint density at radius 1 is 1.19 bits per heavy atom. The fourth-order valence-electron chi connectivity index (χ4n) is 4.10. The summed E-state index contributed by atoms with van der Waals surface area (Å²) in [7, 11) is 1.65. The summed E-state index contributed by atoms with van der Waals surface area (Å²) in [4.78, 5) is 0. The van der Waals surface area contributed by atoms with Crippen molar-refractivity contribution in [2.75, 3.05) is 27.1 Å². The van der Waals surface area contributed by atoms with Gasteiger partial charge in [-0.25, -0.2) is 0 Å². The highest BCUT2D eigenvalue weighted by Gasteiger charge is 2.36. The van der Waals surface area contributed by atoms with Crippen LogP contribution in [0.15, 0.2) is 18.2 Å². The summed E-state index contributed by atoms with van der Waals surface area (Å²) < 4.78 is 28.8. The molecule has 2 aromatic carbocycles. The molecule has 0 spiro atoms. The zero-order valence-corrected chi connectivity index (χ0v) is 14.5. The van der Waals surface area contributed by atoms with E-state index in [9.17, 15) is 0 Å². The number of hydrogen-bond donors (Lipinski definition) is 0. The number of fused-ring (bicyclic) bond motifs is 3. The topological polar surface area (TPSA) is 46.2 Å². The van der Waals surface area contributed by atoms with Crippen LogP contribution in [0.1, 0.15) is 22.8 Å². The Morgan fingerprint density at radius 3 is 2.85 bits per heavy atom. The van der Waals surface area contributed by atoms with Gasteiger partial charge in [-0.2, -0.15) is 0 Å². The number of rotatable bonds is 3. The zero-order chi connectivity index (χ0) is 17.7. The lowest BCUT2D eigenvalue weighted by Crippen LogP contribution is -2.23. The third-order valence-electron chi connectivity index (χ3n) is 5.18. The molecular weight excluding hydrogens is 332 g/mol. The zero-order valence-electron chi connectivity index (χ0n) is 14.5. The lowest BCUT2D eigenvalue weighted by molar-refractivity contribution is 0.0417. The van der Waals surface area contributed by atoms with E-state index in [1.165, 1.54) is 11.1 Å². The Hall–Kier alpha value is -2.84. The van der Waals surface area contributed by atoms with E-state index < -0.39 is 0 Å². The Labute approximate surface area is 151 Å². The van der Waals surface area contributed by atoms with Crippen LogP contribution in [0.3, 0.4) is 0 Å². The van der Waals surface area contributed by atoms with Gasteiger partial charge < -0.3 is 23.7 Å². The van der Waals surface area contributed by atoms with Crippen LogP contribution in [0.4, 0.5) is 0 Å². The molecule has 0 saturated heterocycles. The third-order valence-corrected chi connectivity index (χ3v) is 5.18. The standard InChI is InChI=1S/C21H18O5/c1-3-5-24-21-18(22-2)7-12-4-6-23-17-9-13-8-15-16(26-11-25-15)10-14(13)20(21)19(12)17/h1,7-8,10,17H,4-6,9,11H2,2H3. The van der Waals surface area contributed by atoms with Crippen LogP contribution in [-0.2, 0) is 17.6 Å². The van der Waals surface area contributed by atoms with E-state index in [4.69, 9.17) is 30.1 Å². The van der Waals surface area contributed by atoms with Gasteiger partial charge in [0.25, 0.3) is 0 Å². The SMILES string of the molecule is C#CCOc1c(OC)cc2c3c1-c1cc4c(cc1CC3OCC2)OCO4. The van der Waals surface area contributed by atoms with E-state index in [0.717, 1.165) is 41.0 Å². The minimum Gasteiger partial charge on any atom is -0.493 e. The molecule has 5 nitrogen and oxygen atoms in total. The summed E-state index contributed by atoms with van der Waals surface area (Å²) in [5, 5.41) is 0. The van der Waals surface area contributed by atoms with Crippen molar-refractivity contribution in [3.8, 4) is 46.5 Å². The Kier molecular flexibility index (Phi) is 3.47. The molecule has 2 heterocycles. The maximum Gasteiger partial charge on any atom is 0.231 e. The van der Waals surface area contributed by atoms with Crippen LogP contribution in [-0.4, -0.2) is 27.1 Å². The van der Waals surface area contributed by atoms with Gasteiger partial charge in [0.15, 0.2) is 23.0 Å². The highest BCUT2D eigenvalue weighted by molar-refractivity contribution is 5.85. The van der Waals surface area contributed by atoms with Crippen molar-refractivity contribution in [1.82, 2.24) is 0 Å². The van der Waals surface area contributed by atoms with Gasteiger partial charge in [0.2, 0.25) is 6.79 Å². The molecule has 1 atom stereocenters. The van der Waals surface area contributed by atoms with Gasteiger partial charge in [-0.3, -0.25) is 0 Å². The van der Waals surface area contributed by atoms with Gasteiger partial charge >= 0.3 is 0 Å². The molecule has 3 aliphatic rings. The number of methoxy groups -OCH3 is 1. The first-order valence-electron chi connectivity index (χ1n) is 8.64. The van der Waals surface area contributed by atoms with Crippen molar-refractivity contribution in [2.24, 2.45) is 0 Å². The molecule has 0 bridgehead atoms. The van der Waals surface area contributed by atoms with Gasteiger partial charge in [-0.1, -0.05) is 5.92 Å². The fourth-order valence-corrected chi connectivity index (χ4v) is 4.10. The van der Waals surface area contributed by atoms with Crippen molar-refractivity contribution < 1.29 is 23.7 Å². The lowest BCUT2D eigenvalue weighted by atomic mass is 9.79. The van der Waals surface area contributed by atoms with E-state index in [0.29, 0.717) is 18.1 Å². The number of terminal acetylenes is 1. The number of ether oxygens (including phenoxy) is 5. The molecule has 0 saturated carbocycles. The van der Waals surface area contributed by atoms with Crippen molar-refractivity contribution >= 4 is 0 Å². The van der Waals surface area contributed by atoms with Crippen LogP contribution >= 0.6 is 0 Å². The van der Waals surface area contributed by atoms with Gasteiger partial charge in [0.1, 0.15) is 6.61 Å². The van der Waals surface area contributed by atoms with E-state index in [1.807, 2.05) is 12.1 Å². The average Bonchev–Trinajstić information content (AvgIpc) is 3.12. The Balaban J connectivity index is 1.80. The maximum absolute atomic E-state index is 6.09. The molecule has 2 aliphatic heterocycles. The maximum atomic E-state index is 6.09. The van der Waals surface area contributed by atoms with Gasteiger partial charge in [0.05, 0.1) is 19.8 Å². The third kappa shape index (κ3) is 2.16. The van der Waals surface area contributed by atoms with Crippen LogP contribution in [0.5, 0.6) is 23.0 Å². The Bertz CT molecular complexity index is 941. The molecule has 2 aromatic rings. The van der Waals surface area contributed by atoms with Gasteiger partial charge in [-0.15, -0.1) is 6.42 Å². The molecule has 1 unspecified atom stereocenters. The lowest BCUT2D eigenvalue weighted by Gasteiger charge is -2.35. The molecule has 1 aliphatic carbocycles. The van der Waals surface area contributed by atoms with Gasteiger partial charge in [-0.05, 0) is 46.9 Å². The first kappa shape index (κ1) is 15.4. The van der Waals surface area contributed by atoms with Crippen molar-refractivity contribution in [1.29, 1.82) is 0 Å². The van der Waals surface area contributed by atoms with Crippen molar-refractivity contribution in [3.63, 3.8) is 0 Å². The summed E-state index contributed by atoms with van der Waals surface area (Å²) in [5.74, 6) is 5.42.